The van der Waals surface area contributed by atoms with Crippen LogP contribution in [0.5, 0.6) is 0 Å². The van der Waals surface area contributed by atoms with Crippen LogP contribution in [0.3, 0.4) is 0 Å². The molecule has 2 amide bonds. The van der Waals surface area contributed by atoms with Gasteiger partial charge in [0.15, 0.2) is 0 Å². The number of thiocarbonyl (C=S) groups is 1. The molecule has 0 aromatic rings. The maximum Gasteiger partial charge on any atom is 0.312 e. The second-order valence-corrected chi connectivity index (χ2v) is 2.39. The maximum absolute atomic E-state index is 10.1. The second kappa shape index (κ2) is 4.99. The molecule has 58 valence electrons. The number of amides is 2. The lowest BCUT2D eigenvalue weighted by molar-refractivity contribution is 0.249. The van der Waals surface area contributed by atoms with E-state index in [0.717, 1.165) is 6.42 Å². The fourth-order valence-corrected chi connectivity index (χ4v) is 0.619. The van der Waals surface area contributed by atoms with Crippen LogP contribution in [-0.2, 0) is 0 Å². The van der Waals surface area contributed by atoms with Gasteiger partial charge in [0, 0.05) is 6.54 Å². The Kier molecular flexibility index (Phi) is 4.57. The third-order valence-electron chi connectivity index (χ3n) is 0.899. The van der Waals surface area contributed by atoms with Crippen molar-refractivity contribution in [2.75, 3.05) is 6.54 Å². The number of hydrogen-bond donors (Lipinski definition) is 3. The summed E-state index contributed by atoms with van der Waals surface area (Å²) in [6.07, 6.45) is 1.40. The molecule has 0 bridgehead atoms. The lowest BCUT2D eigenvalue weighted by atomic mass is 10.3. The molecule has 0 aliphatic heterocycles. The molecule has 0 saturated heterocycles. The van der Waals surface area contributed by atoms with Crippen LogP contribution < -0.4 is 16.8 Å². The Bertz CT molecular complexity index is 121. The van der Waals surface area contributed by atoms with Crippen LogP contribution in [-0.4, -0.2) is 17.6 Å². The van der Waals surface area contributed by atoms with E-state index in [0.29, 0.717) is 18.0 Å². The van der Waals surface area contributed by atoms with Crippen LogP contribution in [0.15, 0.2) is 0 Å². The molecule has 5 N–H and O–H groups in total. The third-order valence-corrected chi connectivity index (χ3v) is 1.10. The summed E-state index contributed by atoms with van der Waals surface area (Å²) in [5.74, 6) is 0. The summed E-state index contributed by atoms with van der Waals surface area (Å²) < 4.78 is 0. The molecule has 0 rings (SSSR count). The number of rotatable bonds is 4. The molecule has 10 heavy (non-hydrogen) atoms. The number of hydrogen-bond acceptors (Lipinski definition) is 2. The number of carbonyl (C=O) groups is 1. The van der Waals surface area contributed by atoms with Crippen molar-refractivity contribution in [3.8, 4) is 0 Å². The predicted molar refractivity (Wildman–Crippen MR) is 43.6 cm³/mol. The summed E-state index contributed by atoms with van der Waals surface area (Å²) in [5.41, 5.74) is 9.99. The minimum Gasteiger partial charge on any atom is -0.393 e. The standard InChI is InChI=1S/C5H11N3OS/c6-4(10)2-1-3-8-5(7)9/h1-3H2,(H2,6,10)(H3,7,8,9). The molecule has 0 aromatic carbocycles. The fraction of sp³-hybridized carbons (Fsp3) is 0.600. The van der Waals surface area contributed by atoms with Crippen molar-refractivity contribution in [3.05, 3.63) is 0 Å². The van der Waals surface area contributed by atoms with Crippen molar-refractivity contribution in [3.63, 3.8) is 0 Å². The zero-order valence-electron chi connectivity index (χ0n) is 5.59. The first-order chi connectivity index (χ1) is 4.63. The monoisotopic (exact) mass is 161 g/mol. The van der Waals surface area contributed by atoms with Crippen LogP contribution in [0.1, 0.15) is 12.8 Å². The van der Waals surface area contributed by atoms with E-state index in [1.54, 1.807) is 0 Å². The van der Waals surface area contributed by atoms with Gasteiger partial charge >= 0.3 is 6.03 Å². The summed E-state index contributed by atoms with van der Waals surface area (Å²) in [7, 11) is 0. The van der Waals surface area contributed by atoms with E-state index in [1.165, 1.54) is 0 Å². The van der Waals surface area contributed by atoms with Crippen molar-refractivity contribution in [2.24, 2.45) is 11.5 Å². The van der Waals surface area contributed by atoms with E-state index >= 15 is 0 Å². The van der Waals surface area contributed by atoms with Gasteiger partial charge in [-0.15, -0.1) is 0 Å². The zero-order valence-corrected chi connectivity index (χ0v) is 6.41. The van der Waals surface area contributed by atoms with Gasteiger partial charge in [-0.2, -0.15) is 0 Å². The third kappa shape index (κ3) is 7.16. The number of nitrogens with one attached hydrogen (secondary N) is 1. The van der Waals surface area contributed by atoms with E-state index in [-0.39, 0.29) is 0 Å². The Morgan fingerprint density at radius 2 is 2.10 bits per heavy atom. The normalized spacial score (nSPS) is 8.80. The van der Waals surface area contributed by atoms with Gasteiger partial charge in [0.1, 0.15) is 0 Å². The quantitative estimate of drug-likeness (QED) is 0.392. The van der Waals surface area contributed by atoms with E-state index in [9.17, 15) is 4.79 Å². The Morgan fingerprint density at radius 1 is 1.50 bits per heavy atom. The van der Waals surface area contributed by atoms with Gasteiger partial charge in [-0.1, -0.05) is 12.2 Å². The van der Waals surface area contributed by atoms with Crippen molar-refractivity contribution in [2.45, 2.75) is 12.8 Å². The van der Waals surface area contributed by atoms with Crippen molar-refractivity contribution in [1.29, 1.82) is 0 Å². The largest absolute Gasteiger partial charge is 0.393 e. The first-order valence-electron chi connectivity index (χ1n) is 2.94. The van der Waals surface area contributed by atoms with E-state index in [1.807, 2.05) is 0 Å². The lowest BCUT2D eigenvalue weighted by Crippen LogP contribution is -2.30. The summed E-state index contributed by atoms with van der Waals surface area (Å²) in [4.78, 5) is 10.6. The Labute approximate surface area is 64.9 Å². The summed E-state index contributed by atoms with van der Waals surface area (Å²) in [5, 5.41) is 2.42. The second-order valence-electron chi connectivity index (χ2n) is 1.86. The van der Waals surface area contributed by atoms with Crippen LogP contribution in [0, 0.1) is 0 Å². The first kappa shape index (κ1) is 9.16. The van der Waals surface area contributed by atoms with Gasteiger partial charge in [-0.25, -0.2) is 4.79 Å². The molecule has 0 saturated carbocycles. The van der Waals surface area contributed by atoms with Crippen LogP contribution in [0.2, 0.25) is 0 Å². The topological polar surface area (TPSA) is 81.1 Å². The van der Waals surface area contributed by atoms with Crippen LogP contribution >= 0.6 is 12.2 Å². The molecular formula is C5H11N3OS. The molecule has 5 heteroatoms. The number of nitrogens with two attached hydrogens (primary N) is 2. The smallest absolute Gasteiger partial charge is 0.312 e. The van der Waals surface area contributed by atoms with Gasteiger partial charge in [-0.3, -0.25) is 0 Å². The molecule has 0 aliphatic carbocycles. The zero-order chi connectivity index (χ0) is 7.98. The first-order valence-corrected chi connectivity index (χ1v) is 3.35. The Hall–Kier alpha value is -0.840. The molecule has 4 nitrogen and oxygen atoms in total. The van der Waals surface area contributed by atoms with Crippen LogP contribution in [0.25, 0.3) is 0 Å². The molecule has 0 heterocycles. The molecule has 0 aromatic heterocycles. The highest BCUT2D eigenvalue weighted by molar-refractivity contribution is 7.80. The van der Waals surface area contributed by atoms with Gasteiger partial charge in [0.2, 0.25) is 0 Å². The summed E-state index contributed by atoms with van der Waals surface area (Å²) in [6, 6.07) is -0.511. The molecule has 0 spiro atoms. The minimum absolute atomic E-state index is 0.464. The van der Waals surface area contributed by atoms with E-state index in [4.69, 9.17) is 11.5 Å². The molecule has 0 fully saturated rings. The highest BCUT2D eigenvalue weighted by Crippen LogP contribution is 1.85. The van der Waals surface area contributed by atoms with Crippen molar-refractivity contribution >= 4 is 23.2 Å². The molecule has 0 radical (unpaired) electrons. The average molecular weight is 161 g/mol. The molecular weight excluding hydrogens is 150 g/mol. The molecule has 0 aliphatic rings. The Balaban J connectivity index is 3.06. The van der Waals surface area contributed by atoms with Crippen molar-refractivity contribution in [1.82, 2.24) is 5.32 Å². The van der Waals surface area contributed by atoms with E-state index in [2.05, 4.69) is 17.5 Å². The Morgan fingerprint density at radius 3 is 2.50 bits per heavy atom. The van der Waals surface area contributed by atoms with Gasteiger partial charge in [0.25, 0.3) is 0 Å². The van der Waals surface area contributed by atoms with Crippen LogP contribution in [0.4, 0.5) is 4.79 Å². The SMILES string of the molecule is NC(=O)NCCCC(N)=S. The fourth-order valence-electron chi connectivity index (χ4n) is 0.474. The lowest BCUT2D eigenvalue weighted by Gasteiger charge is -1.98. The van der Waals surface area contributed by atoms with Gasteiger partial charge < -0.3 is 16.8 Å². The summed E-state index contributed by atoms with van der Waals surface area (Å²) in [6.45, 7) is 0.534. The number of primary amides is 1. The van der Waals surface area contributed by atoms with Gasteiger partial charge in [0.05, 0.1) is 4.99 Å². The molecule has 0 atom stereocenters. The predicted octanol–water partition coefficient (Wildman–Crippen LogP) is -0.279. The maximum atomic E-state index is 10.1. The molecule has 0 unspecified atom stereocenters. The number of carbonyl (C=O) groups excluding carboxylic acids is 1. The van der Waals surface area contributed by atoms with Gasteiger partial charge in [-0.05, 0) is 12.8 Å². The minimum atomic E-state index is -0.511. The highest BCUT2D eigenvalue weighted by Gasteiger charge is 1.91. The van der Waals surface area contributed by atoms with E-state index < -0.39 is 6.03 Å². The highest BCUT2D eigenvalue weighted by atomic mass is 32.1. The average Bonchev–Trinajstić information content (AvgIpc) is 1.79. The van der Waals surface area contributed by atoms with Crippen molar-refractivity contribution < 1.29 is 4.79 Å². The number of urea groups is 1. The summed E-state index contributed by atoms with van der Waals surface area (Å²) >= 11 is 4.61.